The Balaban J connectivity index is 2.00. The minimum absolute atomic E-state index is 0.208. The first kappa shape index (κ1) is 15.3. The van der Waals surface area contributed by atoms with Gasteiger partial charge < -0.3 is 5.32 Å². The molecule has 0 aliphatic carbocycles. The van der Waals surface area contributed by atoms with Crippen LogP contribution in [0.1, 0.15) is 10.4 Å². The summed E-state index contributed by atoms with van der Waals surface area (Å²) in [4.78, 5) is 16.2. The van der Waals surface area contributed by atoms with Gasteiger partial charge in [-0.25, -0.2) is 4.98 Å². The van der Waals surface area contributed by atoms with Gasteiger partial charge >= 0.3 is 0 Å². The van der Waals surface area contributed by atoms with Gasteiger partial charge in [0.2, 0.25) is 0 Å². The minimum Gasteiger partial charge on any atom is -0.317 e. The Morgan fingerprint density at radius 2 is 2.00 bits per heavy atom. The van der Waals surface area contributed by atoms with Crippen LogP contribution in [0, 0.1) is 3.57 Å². The Morgan fingerprint density at radius 1 is 1.25 bits per heavy atom. The second kappa shape index (κ2) is 7.09. The van der Waals surface area contributed by atoms with Gasteiger partial charge in [0, 0.05) is 14.2 Å². The predicted octanol–water partition coefficient (Wildman–Crippen LogP) is 3.58. The van der Waals surface area contributed by atoms with E-state index in [9.17, 15) is 4.79 Å². The van der Waals surface area contributed by atoms with Crippen molar-refractivity contribution >= 4 is 67.6 Å². The third-order valence-corrected chi connectivity index (χ3v) is 3.85. The smallest absolute Gasteiger partial charge is 0.258 e. The van der Waals surface area contributed by atoms with Crippen molar-refractivity contribution in [2.75, 3.05) is 5.32 Å². The maximum absolute atomic E-state index is 12.0. The van der Waals surface area contributed by atoms with E-state index in [1.54, 1.807) is 30.5 Å². The Hall–Kier alpha value is -1.06. The number of hydrogen-bond acceptors (Lipinski definition) is 3. The number of anilines is 1. The van der Waals surface area contributed by atoms with Crippen LogP contribution >= 0.6 is 50.7 Å². The first-order valence-corrected chi connectivity index (χ1v) is 7.82. The summed E-state index contributed by atoms with van der Waals surface area (Å²) in [5, 5.41) is 5.68. The highest BCUT2D eigenvalue weighted by Crippen LogP contribution is 2.15. The zero-order valence-corrected chi connectivity index (χ0v) is 14.6. The molecule has 7 heteroatoms. The van der Waals surface area contributed by atoms with Gasteiger partial charge in [0.1, 0.15) is 5.82 Å². The number of nitrogens with zero attached hydrogens (tertiary/aromatic N) is 1. The van der Waals surface area contributed by atoms with Gasteiger partial charge in [0.25, 0.3) is 5.91 Å². The van der Waals surface area contributed by atoms with E-state index in [4.69, 9.17) is 12.2 Å². The van der Waals surface area contributed by atoms with Crippen LogP contribution in [0.25, 0.3) is 0 Å². The zero-order chi connectivity index (χ0) is 14.5. The second-order valence-electron chi connectivity index (χ2n) is 3.75. The third-order valence-electron chi connectivity index (χ3n) is 2.31. The maximum atomic E-state index is 12.0. The van der Waals surface area contributed by atoms with E-state index in [0.29, 0.717) is 15.9 Å². The van der Waals surface area contributed by atoms with Crippen LogP contribution in [0.3, 0.4) is 0 Å². The molecule has 1 aromatic heterocycles. The molecule has 0 atom stereocenters. The number of rotatable bonds is 2. The fraction of sp³-hybridized carbons (Fsp3) is 0. The molecule has 1 heterocycles. The summed E-state index contributed by atoms with van der Waals surface area (Å²) in [7, 11) is 0. The van der Waals surface area contributed by atoms with Crippen LogP contribution in [0.15, 0.2) is 47.1 Å². The van der Waals surface area contributed by atoms with Gasteiger partial charge in [-0.05, 0) is 75.0 Å². The van der Waals surface area contributed by atoms with Gasteiger partial charge in [-0.2, -0.15) is 0 Å². The standard InChI is InChI=1S/C13H9BrIN3OS/c14-10-4-2-1-3-9(10)12(19)18-13(20)17-11-6-5-8(15)7-16-11/h1-7H,(H2,16,17,18,19,20). The summed E-state index contributed by atoms with van der Waals surface area (Å²) in [5.74, 6) is 0.309. The third kappa shape index (κ3) is 4.22. The van der Waals surface area contributed by atoms with Gasteiger partial charge in [-0.15, -0.1) is 0 Å². The normalized spacial score (nSPS) is 9.90. The monoisotopic (exact) mass is 461 g/mol. The Labute approximate surface area is 143 Å². The number of hydrogen-bond donors (Lipinski definition) is 2. The van der Waals surface area contributed by atoms with E-state index in [-0.39, 0.29) is 11.0 Å². The number of benzene rings is 1. The minimum atomic E-state index is -0.277. The molecular weight excluding hydrogens is 453 g/mol. The largest absolute Gasteiger partial charge is 0.317 e. The van der Waals surface area contributed by atoms with Gasteiger partial charge in [0.05, 0.1) is 5.56 Å². The average Bonchev–Trinajstić information content (AvgIpc) is 2.41. The molecule has 2 rings (SSSR count). The van der Waals surface area contributed by atoms with Gasteiger partial charge in [-0.1, -0.05) is 12.1 Å². The van der Waals surface area contributed by atoms with Crippen LogP contribution in [0.2, 0.25) is 0 Å². The summed E-state index contributed by atoms with van der Waals surface area (Å²) in [6, 6.07) is 10.8. The Bertz CT molecular complexity index is 648. The molecule has 0 fully saturated rings. The Kier molecular flexibility index (Phi) is 5.44. The van der Waals surface area contributed by atoms with Crippen molar-refractivity contribution in [3.05, 3.63) is 56.2 Å². The van der Waals surface area contributed by atoms with E-state index in [1.807, 2.05) is 12.1 Å². The summed E-state index contributed by atoms with van der Waals surface area (Å²) >= 11 is 10.6. The molecule has 0 aliphatic heterocycles. The topological polar surface area (TPSA) is 54.0 Å². The summed E-state index contributed by atoms with van der Waals surface area (Å²) in [6.45, 7) is 0. The molecule has 0 saturated carbocycles. The summed E-state index contributed by atoms with van der Waals surface area (Å²) < 4.78 is 1.74. The van der Waals surface area contributed by atoms with Crippen LogP contribution in [-0.2, 0) is 0 Å². The van der Waals surface area contributed by atoms with Crippen molar-refractivity contribution in [1.29, 1.82) is 0 Å². The van der Waals surface area contributed by atoms with Crippen LogP contribution < -0.4 is 10.6 Å². The van der Waals surface area contributed by atoms with E-state index >= 15 is 0 Å². The van der Waals surface area contributed by atoms with Gasteiger partial charge in [0.15, 0.2) is 5.11 Å². The Morgan fingerprint density at radius 3 is 2.65 bits per heavy atom. The number of carbonyl (C=O) groups excluding carboxylic acids is 1. The van der Waals surface area contributed by atoms with Crippen LogP contribution in [-0.4, -0.2) is 16.0 Å². The van der Waals surface area contributed by atoms with Crippen molar-refractivity contribution in [1.82, 2.24) is 10.3 Å². The molecule has 102 valence electrons. The number of aromatic nitrogens is 1. The van der Waals surface area contributed by atoms with Gasteiger partial charge in [-0.3, -0.25) is 10.1 Å². The maximum Gasteiger partial charge on any atom is 0.258 e. The SMILES string of the molecule is O=C(NC(=S)Nc1ccc(I)cn1)c1ccccc1Br. The highest BCUT2D eigenvalue weighted by molar-refractivity contribution is 14.1. The molecule has 2 aromatic rings. The van der Waals surface area contributed by atoms with Crippen molar-refractivity contribution in [2.45, 2.75) is 0 Å². The number of pyridine rings is 1. The van der Waals surface area contributed by atoms with E-state index in [2.05, 4.69) is 54.1 Å². The summed E-state index contributed by atoms with van der Waals surface area (Å²) in [6.07, 6.45) is 1.71. The fourth-order valence-corrected chi connectivity index (χ4v) is 2.39. The molecule has 0 spiro atoms. The molecule has 2 N–H and O–H groups in total. The number of amides is 1. The zero-order valence-electron chi connectivity index (χ0n) is 10.1. The molecule has 0 unspecified atom stereocenters. The molecule has 0 saturated heterocycles. The lowest BCUT2D eigenvalue weighted by Crippen LogP contribution is -2.34. The predicted molar refractivity (Wildman–Crippen MR) is 94.8 cm³/mol. The lowest BCUT2D eigenvalue weighted by molar-refractivity contribution is 0.0977. The first-order valence-electron chi connectivity index (χ1n) is 5.54. The van der Waals surface area contributed by atoms with E-state index in [1.165, 1.54) is 0 Å². The van der Waals surface area contributed by atoms with Crippen molar-refractivity contribution in [2.24, 2.45) is 0 Å². The molecule has 20 heavy (non-hydrogen) atoms. The fourth-order valence-electron chi connectivity index (χ4n) is 1.41. The first-order chi connectivity index (χ1) is 9.56. The van der Waals surface area contributed by atoms with Crippen LogP contribution in [0.5, 0.6) is 0 Å². The summed E-state index contributed by atoms with van der Waals surface area (Å²) in [5.41, 5.74) is 0.521. The highest BCUT2D eigenvalue weighted by atomic mass is 127. The van der Waals surface area contributed by atoms with E-state index < -0.39 is 0 Å². The quantitative estimate of drug-likeness (QED) is 0.530. The highest BCUT2D eigenvalue weighted by Gasteiger charge is 2.10. The van der Waals surface area contributed by atoms with E-state index in [0.717, 1.165) is 3.57 Å². The number of halogens is 2. The molecule has 0 aliphatic rings. The van der Waals surface area contributed by atoms with Crippen molar-refractivity contribution in [3.63, 3.8) is 0 Å². The molecular formula is C13H9BrIN3OS. The molecule has 1 aromatic carbocycles. The lowest BCUT2D eigenvalue weighted by atomic mass is 10.2. The van der Waals surface area contributed by atoms with Crippen molar-refractivity contribution in [3.8, 4) is 0 Å². The van der Waals surface area contributed by atoms with Crippen LogP contribution in [0.4, 0.5) is 5.82 Å². The average molecular weight is 462 g/mol. The molecule has 0 radical (unpaired) electrons. The number of nitrogens with one attached hydrogen (secondary N) is 2. The molecule has 4 nitrogen and oxygen atoms in total. The lowest BCUT2D eigenvalue weighted by Gasteiger charge is -2.09. The number of carbonyl (C=O) groups is 1. The van der Waals surface area contributed by atoms with Crippen molar-refractivity contribution < 1.29 is 4.79 Å². The molecule has 1 amide bonds. The second-order valence-corrected chi connectivity index (χ2v) is 6.26. The molecule has 0 bridgehead atoms. The number of thiocarbonyl (C=S) groups is 1.